The summed E-state index contributed by atoms with van der Waals surface area (Å²) in [5, 5.41) is 7.82. The maximum absolute atomic E-state index is 14.1. The second-order valence-corrected chi connectivity index (χ2v) is 20.5. The van der Waals surface area contributed by atoms with E-state index in [0.717, 1.165) is 39.5 Å². The van der Waals surface area contributed by atoms with E-state index in [9.17, 15) is 39.6 Å². The monoisotopic (exact) mass is 930 g/mol. The van der Waals surface area contributed by atoms with Crippen LogP contribution in [0.15, 0.2) is 105 Å². The zero-order chi connectivity index (χ0) is 43.5. The Morgan fingerprint density at radius 3 is 2.49 bits per heavy atom. The summed E-state index contributed by atoms with van der Waals surface area (Å²) < 4.78 is 96.9. The van der Waals surface area contributed by atoms with E-state index >= 15 is 0 Å². The van der Waals surface area contributed by atoms with E-state index in [1.54, 1.807) is 30.5 Å². The number of rotatable bonds is 15. The molecule has 1 aliphatic heterocycles. The Kier molecular flexibility index (Phi) is 13.0. The van der Waals surface area contributed by atoms with E-state index in [0.29, 0.717) is 63.9 Å². The summed E-state index contributed by atoms with van der Waals surface area (Å²) in [6.45, 7) is 1.22. The lowest BCUT2D eigenvalue weighted by Crippen LogP contribution is -2.33. The van der Waals surface area contributed by atoms with Gasteiger partial charge in [0.25, 0.3) is 31.7 Å². The fraction of sp³-hybridized carbons (Fsp3) is 0.256. The minimum absolute atomic E-state index is 0.241. The van der Waals surface area contributed by atoms with Gasteiger partial charge in [-0.2, -0.15) is 13.2 Å². The van der Waals surface area contributed by atoms with Gasteiger partial charge in [-0.3, -0.25) is 14.9 Å². The second-order valence-electron chi connectivity index (χ2n) is 14.0. The minimum Gasteiger partial charge on any atom is -0.380 e. The molecule has 1 atom stereocenters. The average molecular weight is 931 g/mol. The van der Waals surface area contributed by atoms with Gasteiger partial charge in [0.15, 0.2) is 10.3 Å². The molecule has 320 valence electrons. The van der Waals surface area contributed by atoms with Crippen molar-refractivity contribution in [2.75, 3.05) is 48.5 Å². The smallest absolute Gasteiger partial charge is 0.380 e. The van der Waals surface area contributed by atoms with Crippen molar-refractivity contribution >= 4 is 92.4 Å². The van der Waals surface area contributed by atoms with E-state index < -0.39 is 52.8 Å². The fourth-order valence-electron chi connectivity index (χ4n) is 6.37. The number of hydrogen-bond donors (Lipinski definition) is 3. The summed E-state index contributed by atoms with van der Waals surface area (Å²) >= 11 is 3.71. The number of carbonyl (C=O) groups excluding carboxylic acids is 2. The Balaban J connectivity index is 1.08. The van der Waals surface area contributed by atoms with Gasteiger partial charge < -0.3 is 15.1 Å². The zero-order valence-corrected chi connectivity index (χ0v) is 36.4. The number of fused-ring (bicyclic) bond motifs is 2. The van der Waals surface area contributed by atoms with Crippen LogP contribution in [0.1, 0.15) is 38.4 Å². The number of thioether (sulfide) groups is 1. The highest BCUT2D eigenvalue weighted by atomic mass is 32.2. The molecule has 0 fully saturated rings. The van der Waals surface area contributed by atoms with Crippen LogP contribution in [0.4, 0.5) is 29.1 Å². The molecule has 0 saturated heterocycles. The largest absolute Gasteiger partial charge is 0.501 e. The summed E-state index contributed by atoms with van der Waals surface area (Å²) in [6.07, 6.45) is 2.58. The zero-order valence-electron chi connectivity index (χ0n) is 32.3. The number of carbonyl (C=O) groups is 2. The first-order chi connectivity index (χ1) is 29.0. The van der Waals surface area contributed by atoms with Gasteiger partial charge in [-0.15, -0.1) is 23.1 Å². The number of sulfonamides is 1. The summed E-state index contributed by atoms with van der Waals surface area (Å²) in [5.74, 6) is -1.21. The van der Waals surface area contributed by atoms with Crippen molar-refractivity contribution in [2.45, 2.75) is 45.6 Å². The molecule has 0 saturated carbocycles. The van der Waals surface area contributed by atoms with Crippen molar-refractivity contribution < 1.29 is 39.6 Å². The lowest BCUT2D eigenvalue weighted by Gasteiger charge is -2.29. The molecular formula is C39H37F3N8O6S5. The van der Waals surface area contributed by atoms with Crippen molar-refractivity contribution in [3.05, 3.63) is 113 Å². The average Bonchev–Trinajstić information content (AvgIpc) is 3.89. The molecule has 4 heterocycles. The number of sulfone groups is 1. The third kappa shape index (κ3) is 10.2. The number of pyridine rings is 1. The van der Waals surface area contributed by atoms with E-state index in [-0.39, 0.29) is 18.1 Å². The van der Waals surface area contributed by atoms with Crippen LogP contribution >= 0.6 is 34.4 Å². The Hall–Kier alpha value is -5.13. The molecule has 0 unspecified atom stereocenters. The highest BCUT2D eigenvalue weighted by molar-refractivity contribution is 7.99. The van der Waals surface area contributed by atoms with E-state index in [1.807, 2.05) is 65.0 Å². The van der Waals surface area contributed by atoms with Crippen molar-refractivity contribution in [1.29, 1.82) is 0 Å². The van der Waals surface area contributed by atoms with Crippen LogP contribution in [0.2, 0.25) is 0 Å². The quantitative estimate of drug-likeness (QED) is 0.0906. The first kappa shape index (κ1) is 43.9. The number of nitrogens with zero attached hydrogens (tertiary/aromatic N) is 5. The number of amides is 2. The van der Waals surface area contributed by atoms with E-state index in [4.69, 9.17) is 0 Å². The molecule has 0 radical (unpaired) electrons. The molecule has 3 aromatic carbocycles. The first-order valence-corrected chi connectivity index (χ1v) is 24.1. The number of nitrogens with one attached hydrogen (secondary N) is 3. The number of benzene rings is 3. The van der Waals surface area contributed by atoms with Crippen molar-refractivity contribution in [3.63, 3.8) is 0 Å². The van der Waals surface area contributed by atoms with Crippen molar-refractivity contribution in [3.8, 4) is 0 Å². The molecule has 0 aliphatic carbocycles. The number of aromatic nitrogens is 3. The van der Waals surface area contributed by atoms with Gasteiger partial charge in [-0.05, 0) is 93.1 Å². The van der Waals surface area contributed by atoms with Gasteiger partial charge >= 0.3 is 5.51 Å². The van der Waals surface area contributed by atoms with Gasteiger partial charge in [0.2, 0.25) is 0 Å². The second kappa shape index (κ2) is 18.1. The predicted octanol–water partition coefficient (Wildman–Crippen LogP) is 6.90. The Labute approximate surface area is 361 Å². The fourth-order valence-corrected chi connectivity index (χ4v) is 11.0. The third-order valence-corrected chi connectivity index (χ3v) is 15.3. The number of hydrogen-bond acceptors (Lipinski definition) is 15. The molecule has 7 rings (SSSR count). The molecule has 61 heavy (non-hydrogen) atoms. The Bertz CT molecular complexity index is 2770. The van der Waals surface area contributed by atoms with Gasteiger partial charge in [-0.1, -0.05) is 41.7 Å². The van der Waals surface area contributed by atoms with Crippen LogP contribution in [-0.4, -0.2) is 93.0 Å². The molecule has 1 aliphatic rings. The van der Waals surface area contributed by atoms with Crippen LogP contribution in [-0.2, 0) is 32.8 Å². The van der Waals surface area contributed by atoms with Gasteiger partial charge in [0, 0.05) is 46.9 Å². The van der Waals surface area contributed by atoms with E-state index in [1.165, 1.54) is 28.5 Å². The van der Waals surface area contributed by atoms with Crippen LogP contribution < -0.4 is 20.3 Å². The van der Waals surface area contributed by atoms with Gasteiger partial charge in [-0.25, -0.2) is 36.5 Å². The van der Waals surface area contributed by atoms with Crippen LogP contribution in [0, 0.1) is 0 Å². The van der Waals surface area contributed by atoms with Gasteiger partial charge in [0.1, 0.15) is 20.9 Å². The minimum atomic E-state index is -6.08. The number of thiazole rings is 2. The topological polar surface area (TPSA) is 184 Å². The number of anilines is 3. The molecule has 3 aromatic heterocycles. The van der Waals surface area contributed by atoms with Gasteiger partial charge in [0.05, 0.1) is 10.6 Å². The molecule has 3 N–H and O–H groups in total. The number of alkyl halides is 3. The third-order valence-electron chi connectivity index (χ3n) is 9.46. The van der Waals surface area contributed by atoms with Crippen molar-refractivity contribution in [1.82, 2.24) is 24.6 Å². The lowest BCUT2D eigenvalue weighted by molar-refractivity contribution is -0.0435. The Morgan fingerprint density at radius 2 is 1.75 bits per heavy atom. The van der Waals surface area contributed by atoms with E-state index in [2.05, 4.69) is 25.6 Å². The summed E-state index contributed by atoms with van der Waals surface area (Å²) in [4.78, 5) is 42.9. The normalized spacial score (nSPS) is 13.8. The standard InChI is InChI=1S/C39H37F3N8O6S5/c1-49(2)18-16-25(22-57-26-9-4-3-5-10-26)44-30-14-13-27(20-33(30)60(53,54)39(40,41)42)61(55,56)48-35(52)32-23-58-38(46-32)50-19-15-24-8-6-11-28(29(24)21-50)34(51)47-37-45-31-12-7-17-43-36(31)59-37/h3-14,17,20,23,25,44H,15-16,18-19,21-22H2,1-2H3,(H,48,52)(H,45,47,51)/t25-/m1/s1. The summed E-state index contributed by atoms with van der Waals surface area (Å²) in [5.41, 5.74) is -3.77. The van der Waals surface area contributed by atoms with Crippen LogP contribution in [0.25, 0.3) is 10.3 Å². The molecule has 6 aromatic rings. The molecular weight excluding hydrogens is 894 g/mol. The lowest BCUT2D eigenvalue weighted by atomic mass is 9.94. The van der Waals surface area contributed by atoms with Crippen LogP contribution in [0.5, 0.6) is 0 Å². The molecule has 14 nitrogen and oxygen atoms in total. The highest BCUT2D eigenvalue weighted by Gasteiger charge is 2.48. The predicted molar refractivity (Wildman–Crippen MR) is 231 cm³/mol. The Morgan fingerprint density at radius 1 is 0.967 bits per heavy atom. The first-order valence-electron chi connectivity index (χ1n) is 18.4. The van der Waals surface area contributed by atoms with Crippen LogP contribution in [0.3, 0.4) is 0 Å². The molecule has 22 heteroatoms. The molecule has 0 spiro atoms. The number of halogens is 3. The molecule has 2 amide bonds. The summed E-state index contributed by atoms with van der Waals surface area (Å²) in [6, 6.07) is 19.9. The maximum atomic E-state index is 14.1. The SMILES string of the molecule is CN(C)CC[C@H](CSc1ccccc1)Nc1ccc(S(=O)(=O)NC(=O)c2csc(N3CCc4cccc(C(=O)Nc5nc6cccnc6s5)c4C3)n2)cc1S(=O)(=O)C(F)(F)F. The summed E-state index contributed by atoms with van der Waals surface area (Å²) in [7, 11) is -7.37. The maximum Gasteiger partial charge on any atom is 0.501 e. The highest BCUT2D eigenvalue weighted by Crippen LogP contribution is 2.37. The molecule has 0 bridgehead atoms. The van der Waals surface area contributed by atoms with Crippen molar-refractivity contribution in [2.24, 2.45) is 0 Å².